The normalized spacial score (nSPS) is 12.6. The molecule has 0 spiro atoms. The summed E-state index contributed by atoms with van der Waals surface area (Å²) in [5.74, 6) is 0.717. The van der Waals surface area contributed by atoms with E-state index in [4.69, 9.17) is 11.6 Å². The highest BCUT2D eigenvalue weighted by atomic mass is 35.5. The predicted molar refractivity (Wildman–Crippen MR) is 118 cm³/mol. The third-order valence-electron chi connectivity index (χ3n) is 4.50. The summed E-state index contributed by atoms with van der Waals surface area (Å²) in [6.45, 7) is 3.94. The monoisotopic (exact) mass is 411 g/mol. The SMILES string of the molecule is CCNC(=NCc1cnn(-c2ccc(Cl)cc2)c1)NCC(CO)c1ccccc1. The van der Waals surface area contributed by atoms with E-state index in [1.165, 1.54) is 0 Å². The molecule has 152 valence electrons. The van der Waals surface area contributed by atoms with Gasteiger partial charge in [0.15, 0.2) is 5.96 Å². The second kappa shape index (κ2) is 10.6. The van der Waals surface area contributed by atoms with Crippen molar-refractivity contribution in [2.75, 3.05) is 19.7 Å². The number of guanidine groups is 1. The fraction of sp³-hybridized carbons (Fsp3) is 0.273. The summed E-state index contributed by atoms with van der Waals surface area (Å²) in [5, 5.41) is 21.4. The summed E-state index contributed by atoms with van der Waals surface area (Å²) in [6.07, 6.45) is 3.76. The van der Waals surface area contributed by atoms with E-state index < -0.39 is 0 Å². The molecule has 0 fully saturated rings. The lowest BCUT2D eigenvalue weighted by Gasteiger charge is -2.18. The Hall–Kier alpha value is -2.83. The van der Waals surface area contributed by atoms with E-state index in [0.29, 0.717) is 24.1 Å². The van der Waals surface area contributed by atoms with Gasteiger partial charge in [-0.3, -0.25) is 0 Å². The van der Waals surface area contributed by atoms with Crippen LogP contribution in [0.3, 0.4) is 0 Å². The lowest BCUT2D eigenvalue weighted by atomic mass is 10.0. The Kier molecular flexibility index (Phi) is 7.67. The van der Waals surface area contributed by atoms with Gasteiger partial charge < -0.3 is 15.7 Å². The molecule has 0 aliphatic heterocycles. The Bertz CT molecular complexity index is 908. The zero-order valence-corrected chi connectivity index (χ0v) is 17.2. The van der Waals surface area contributed by atoms with E-state index >= 15 is 0 Å². The number of hydrogen-bond donors (Lipinski definition) is 3. The van der Waals surface area contributed by atoms with Crippen LogP contribution in [0.4, 0.5) is 0 Å². The van der Waals surface area contributed by atoms with Crippen molar-refractivity contribution in [2.24, 2.45) is 4.99 Å². The van der Waals surface area contributed by atoms with E-state index in [1.807, 2.05) is 73.9 Å². The van der Waals surface area contributed by atoms with Crippen molar-refractivity contribution in [1.82, 2.24) is 20.4 Å². The minimum atomic E-state index is 0.00714. The molecule has 1 atom stereocenters. The minimum absolute atomic E-state index is 0.00714. The fourth-order valence-corrected chi connectivity index (χ4v) is 3.05. The number of aliphatic imine (C=N–C) groups is 1. The Morgan fingerprint density at radius 1 is 1.14 bits per heavy atom. The first kappa shape index (κ1) is 20.9. The molecular formula is C22H26ClN5O. The Morgan fingerprint density at radius 2 is 1.90 bits per heavy atom. The molecule has 7 heteroatoms. The molecular weight excluding hydrogens is 386 g/mol. The molecule has 1 unspecified atom stereocenters. The van der Waals surface area contributed by atoms with E-state index in [1.54, 1.807) is 4.68 Å². The number of aliphatic hydroxyl groups is 1. The lowest BCUT2D eigenvalue weighted by Crippen LogP contribution is -2.39. The number of aliphatic hydroxyl groups excluding tert-OH is 1. The van der Waals surface area contributed by atoms with Crippen molar-refractivity contribution in [1.29, 1.82) is 0 Å². The van der Waals surface area contributed by atoms with Crippen LogP contribution in [0.15, 0.2) is 72.0 Å². The molecule has 0 amide bonds. The largest absolute Gasteiger partial charge is 0.396 e. The summed E-state index contributed by atoms with van der Waals surface area (Å²) in [4.78, 5) is 4.64. The van der Waals surface area contributed by atoms with Gasteiger partial charge in [-0.1, -0.05) is 41.9 Å². The molecule has 0 saturated carbocycles. The molecule has 0 bridgehead atoms. The van der Waals surface area contributed by atoms with Gasteiger partial charge in [0.2, 0.25) is 0 Å². The van der Waals surface area contributed by atoms with Gasteiger partial charge in [0.1, 0.15) is 0 Å². The summed E-state index contributed by atoms with van der Waals surface area (Å²) < 4.78 is 1.80. The van der Waals surface area contributed by atoms with E-state index in [0.717, 1.165) is 23.4 Å². The standard InChI is InChI=1S/C22H26ClN5O/c1-2-24-22(26-14-19(16-29)18-6-4-3-5-7-18)25-12-17-13-27-28(15-17)21-10-8-20(23)9-11-21/h3-11,13,15,19,29H,2,12,14,16H2,1H3,(H2,24,25,26). The highest BCUT2D eigenvalue weighted by Gasteiger charge is 2.11. The van der Waals surface area contributed by atoms with Crippen molar-refractivity contribution < 1.29 is 5.11 Å². The van der Waals surface area contributed by atoms with Crippen LogP contribution in [-0.2, 0) is 6.54 Å². The third-order valence-corrected chi connectivity index (χ3v) is 4.75. The first-order valence-corrected chi connectivity index (χ1v) is 10.0. The predicted octanol–water partition coefficient (Wildman–Crippen LogP) is 3.36. The van der Waals surface area contributed by atoms with Gasteiger partial charge in [-0.2, -0.15) is 5.10 Å². The zero-order valence-electron chi connectivity index (χ0n) is 16.4. The van der Waals surface area contributed by atoms with Crippen molar-refractivity contribution >= 4 is 17.6 Å². The third kappa shape index (κ3) is 6.07. The molecule has 0 radical (unpaired) electrons. The average Bonchev–Trinajstić information content (AvgIpc) is 3.22. The van der Waals surface area contributed by atoms with Crippen molar-refractivity contribution in [3.8, 4) is 5.69 Å². The Labute approximate surface area is 176 Å². The average molecular weight is 412 g/mol. The van der Waals surface area contributed by atoms with Gasteiger partial charge in [0.05, 0.1) is 25.0 Å². The molecule has 0 saturated heterocycles. The Balaban J connectivity index is 1.62. The topological polar surface area (TPSA) is 74.5 Å². The second-order valence-electron chi connectivity index (χ2n) is 6.64. The van der Waals surface area contributed by atoms with Crippen LogP contribution in [0.1, 0.15) is 24.0 Å². The minimum Gasteiger partial charge on any atom is -0.396 e. The Morgan fingerprint density at radius 3 is 2.59 bits per heavy atom. The number of benzene rings is 2. The molecule has 0 aliphatic carbocycles. The molecule has 29 heavy (non-hydrogen) atoms. The number of nitrogens with one attached hydrogen (secondary N) is 2. The van der Waals surface area contributed by atoms with Gasteiger partial charge in [0, 0.05) is 35.8 Å². The summed E-state index contributed by atoms with van der Waals surface area (Å²) >= 11 is 5.94. The summed E-state index contributed by atoms with van der Waals surface area (Å²) in [7, 11) is 0. The molecule has 3 rings (SSSR count). The van der Waals surface area contributed by atoms with Crippen molar-refractivity contribution in [3.63, 3.8) is 0 Å². The smallest absolute Gasteiger partial charge is 0.191 e. The number of nitrogens with zero attached hydrogens (tertiary/aromatic N) is 3. The van der Waals surface area contributed by atoms with Crippen LogP contribution in [0.2, 0.25) is 5.02 Å². The quantitative estimate of drug-likeness (QED) is 0.392. The molecule has 1 heterocycles. The molecule has 3 aromatic rings. The number of hydrogen-bond acceptors (Lipinski definition) is 3. The molecule has 6 nitrogen and oxygen atoms in total. The van der Waals surface area contributed by atoms with Crippen LogP contribution in [0, 0.1) is 0 Å². The van der Waals surface area contributed by atoms with E-state index in [2.05, 4.69) is 20.7 Å². The maximum absolute atomic E-state index is 9.74. The summed E-state index contributed by atoms with van der Waals surface area (Å²) in [5.41, 5.74) is 3.05. The maximum Gasteiger partial charge on any atom is 0.191 e. The molecule has 2 aromatic carbocycles. The van der Waals surface area contributed by atoms with Crippen molar-refractivity contribution in [3.05, 3.63) is 83.1 Å². The van der Waals surface area contributed by atoms with Gasteiger partial charge >= 0.3 is 0 Å². The number of aromatic nitrogens is 2. The second-order valence-corrected chi connectivity index (χ2v) is 7.07. The highest BCUT2D eigenvalue weighted by molar-refractivity contribution is 6.30. The first-order valence-electron chi connectivity index (χ1n) is 9.67. The number of halogens is 1. The van der Waals surface area contributed by atoms with Gasteiger partial charge in [-0.15, -0.1) is 0 Å². The molecule has 1 aromatic heterocycles. The van der Waals surface area contributed by atoms with Crippen LogP contribution >= 0.6 is 11.6 Å². The highest BCUT2D eigenvalue weighted by Crippen LogP contribution is 2.14. The summed E-state index contributed by atoms with van der Waals surface area (Å²) in [6, 6.07) is 17.5. The van der Waals surface area contributed by atoms with Gasteiger partial charge in [-0.25, -0.2) is 9.67 Å². The van der Waals surface area contributed by atoms with Gasteiger partial charge in [0.25, 0.3) is 0 Å². The van der Waals surface area contributed by atoms with Crippen LogP contribution in [-0.4, -0.2) is 40.5 Å². The maximum atomic E-state index is 9.74. The fourth-order valence-electron chi connectivity index (χ4n) is 2.92. The van der Waals surface area contributed by atoms with Crippen LogP contribution < -0.4 is 10.6 Å². The first-order chi connectivity index (χ1) is 14.2. The molecule has 3 N–H and O–H groups in total. The number of rotatable bonds is 8. The lowest BCUT2D eigenvalue weighted by molar-refractivity contribution is 0.265. The van der Waals surface area contributed by atoms with E-state index in [-0.39, 0.29) is 12.5 Å². The van der Waals surface area contributed by atoms with Crippen molar-refractivity contribution in [2.45, 2.75) is 19.4 Å². The zero-order chi connectivity index (χ0) is 20.5. The van der Waals surface area contributed by atoms with E-state index in [9.17, 15) is 5.11 Å². The van der Waals surface area contributed by atoms with Crippen LogP contribution in [0.25, 0.3) is 5.69 Å². The van der Waals surface area contributed by atoms with Gasteiger partial charge in [-0.05, 0) is 36.8 Å². The van der Waals surface area contributed by atoms with Crippen LogP contribution in [0.5, 0.6) is 0 Å². The molecule has 0 aliphatic rings.